The van der Waals surface area contributed by atoms with Crippen molar-refractivity contribution in [3.63, 3.8) is 0 Å². The van der Waals surface area contributed by atoms with Gasteiger partial charge in [0.15, 0.2) is 17.3 Å². The summed E-state index contributed by atoms with van der Waals surface area (Å²) in [6.07, 6.45) is -2.46. The summed E-state index contributed by atoms with van der Waals surface area (Å²) in [4.78, 5) is 23.7. The lowest BCUT2D eigenvalue weighted by Gasteiger charge is -2.13. The fraction of sp³-hybridized carbons (Fsp3) is 0.200. The molecule has 154 valence electrons. The monoisotopic (exact) mass is 409 g/mol. The second kappa shape index (κ2) is 9.13. The molecule has 0 atom stereocenters. The summed E-state index contributed by atoms with van der Waals surface area (Å²) in [7, 11) is 4.33. The summed E-state index contributed by atoms with van der Waals surface area (Å²) in [5.74, 6) is -1.64. The summed E-state index contributed by atoms with van der Waals surface area (Å²) < 4.78 is 53.2. The molecule has 1 amide bonds. The van der Waals surface area contributed by atoms with Crippen molar-refractivity contribution in [2.75, 3.05) is 26.6 Å². The van der Waals surface area contributed by atoms with Crippen molar-refractivity contribution in [1.29, 1.82) is 0 Å². The normalized spacial score (nSPS) is 11.2. The van der Waals surface area contributed by atoms with Crippen molar-refractivity contribution in [2.45, 2.75) is 6.18 Å². The van der Waals surface area contributed by atoms with E-state index in [0.29, 0.717) is 22.8 Å². The molecule has 0 fully saturated rings. The van der Waals surface area contributed by atoms with Crippen LogP contribution < -0.4 is 19.5 Å². The number of carbonyl (C=O) groups is 2. The first-order valence-corrected chi connectivity index (χ1v) is 8.21. The fourth-order valence-electron chi connectivity index (χ4n) is 2.46. The Morgan fingerprint density at radius 2 is 1.55 bits per heavy atom. The molecule has 0 spiro atoms. The summed E-state index contributed by atoms with van der Waals surface area (Å²) in [5, 5.41) is 1.71. The molecule has 0 saturated heterocycles. The van der Waals surface area contributed by atoms with Gasteiger partial charge in [0.05, 0.1) is 27.0 Å². The summed E-state index contributed by atoms with van der Waals surface area (Å²) >= 11 is 0. The number of anilines is 1. The van der Waals surface area contributed by atoms with Crippen molar-refractivity contribution >= 4 is 23.5 Å². The third-order valence-corrected chi connectivity index (χ3v) is 3.81. The van der Waals surface area contributed by atoms with Crippen molar-refractivity contribution < 1.29 is 37.0 Å². The van der Waals surface area contributed by atoms with E-state index in [9.17, 15) is 22.8 Å². The summed E-state index contributed by atoms with van der Waals surface area (Å²) in [6.45, 7) is 0. The molecule has 29 heavy (non-hydrogen) atoms. The van der Waals surface area contributed by atoms with Crippen LogP contribution in [0.5, 0.6) is 17.2 Å². The molecule has 0 radical (unpaired) electrons. The number of methoxy groups -OCH3 is 3. The van der Waals surface area contributed by atoms with Crippen molar-refractivity contribution in [3.05, 3.63) is 53.6 Å². The van der Waals surface area contributed by atoms with Crippen LogP contribution in [0, 0.1) is 0 Å². The maximum Gasteiger partial charge on any atom is 0.471 e. The van der Waals surface area contributed by atoms with Gasteiger partial charge in [0.25, 0.3) is 0 Å². The highest BCUT2D eigenvalue weighted by molar-refractivity contribution is 6.12. The molecule has 9 heteroatoms. The van der Waals surface area contributed by atoms with E-state index in [0.717, 1.165) is 0 Å². The highest BCUT2D eigenvalue weighted by Crippen LogP contribution is 2.38. The van der Waals surface area contributed by atoms with E-state index in [1.54, 1.807) is 17.4 Å². The molecule has 6 nitrogen and oxygen atoms in total. The predicted molar refractivity (Wildman–Crippen MR) is 101 cm³/mol. The Morgan fingerprint density at radius 1 is 0.966 bits per heavy atom. The quantitative estimate of drug-likeness (QED) is 0.550. The molecule has 2 rings (SSSR count). The zero-order chi connectivity index (χ0) is 21.6. The van der Waals surface area contributed by atoms with Crippen LogP contribution in [0.3, 0.4) is 0 Å². The maximum atomic E-state index is 12.5. The molecule has 0 aliphatic rings. The first kappa shape index (κ1) is 21.8. The van der Waals surface area contributed by atoms with Gasteiger partial charge in [-0.2, -0.15) is 13.2 Å². The van der Waals surface area contributed by atoms with Crippen molar-refractivity contribution in [1.82, 2.24) is 0 Å². The molecule has 0 aliphatic carbocycles. The number of hydrogen-bond acceptors (Lipinski definition) is 5. The minimum absolute atomic E-state index is 0.0891. The third kappa shape index (κ3) is 5.28. The molecule has 2 aromatic rings. The number of para-hydroxylation sites is 1. The zero-order valence-corrected chi connectivity index (χ0v) is 15.8. The molecule has 0 bridgehead atoms. The number of alkyl halides is 3. The lowest BCUT2D eigenvalue weighted by molar-refractivity contribution is -0.167. The van der Waals surface area contributed by atoms with E-state index in [1.165, 1.54) is 57.7 Å². The summed E-state index contributed by atoms with van der Waals surface area (Å²) in [5.41, 5.74) is 0.202. The van der Waals surface area contributed by atoms with E-state index in [2.05, 4.69) is 0 Å². The lowest BCUT2D eigenvalue weighted by atomic mass is 10.1. The Morgan fingerprint density at radius 3 is 2.07 bits per heavy atom. The predicted octanol–water partition coefficient (Wildman–Crippen LogP) is 4.11. The van der Waals surface area contributed by atoms with Gasteiger partial charge in [-0.05, 0) is 35.9 Å². The van der Waals surface area contributed by atoms with Gasteiger partial charge < -0.3 is 19.5 Å². The van der Waals surface area contributed by atoms with E-state index < -0.39 is 17.9 Å². The number of rotatable bonds is 7. The number of carbonyl (C=O) groups excluding carboxylic acids is 2. The van der Waals surface area contributed by atoms with Crippen molar-refractivity contribution in [2.24, 2.45) is 0 Å². The summed E-state index contributed by atoms with van der Waals surface area (Å²) in [6, 6.07) is 8.61. The van der Waals surface area contributed by atoms with Crippen molar-refractivity contribution in [3.8, 4) is 17.2 Å². The van der Waals surface area contributed by atoms with E-state index in [1.807, 2.05) is 0 Å². The van der Waals surface area contributed by atoms with Crippen LogP contribution in [0.4, 0.5) is 18.9 Å². The van der Waals surface area contributed by atoms with Gasteiger partial charge in [-0.15, -0.1) is 0 Å². The number of benzene rings is 2. The Balaban J connectivity index is 2.32. The minimum atomic E-state index is -5.07. The van der Waals surface area contributed by atoms with E-state index in [-0.39, 0.29) is 11.3 Å². The maximum absolute atomic E-state index is 12.5. The van der Waals surface area contributed by atoms with Crippen LogP contribution in [-0.4, -0.2) is 39.2 Å². The molecular formula is C20H18F3NO5. The SMILES string of the molecule is COc1cc(/C=C/C(=O)c2ccccc2NC(=O)C(F)(F)F)cc(OC)c1OC. The minimum Gasteiger partial charge on any atom is -0.493 e. The number of halogens is 3. The number of nitrogens with one attached hydrogen (secondary N) is 1. The Labute approximate surface area is 164 Å². The average molecular weight is 409 g/mol. The van der Waals surface area contributed by atoms with Crippen LogP contribution in [-0.2, 0) is 4.79 Å². The first-order valence-electron chi connectivity index (χ1n) is 8.21. The van der Waals surface area contributed by atoms with E-state index in [4.69, 9.17) is 14.2 Å². The average Bonchev–Trinajstić information content (AvgIpc) is 2.70. The van der Waals surface area contributed by atoms with Crippen LogP contribution in [0.2, 0.25) is 0 Å². The standard InChI is InChI=1S/C20H18F3NO5/c1-27-16-10-12(11-17(28-2)18(16)29-3)8-9-15(25)13-6-4-5-7-14(13)24-19(26)20(21,22)23/h4-11H,1-3H3,(H,24,26)/b9-8+. The number of amides is 1. The third-order valence-electron chi connectivity index (χ3n) is 3.81. The number of ether oxygens (including phenoxy) is 3. The highest BCUT2D eigenvalue weighted by atomic mass is 19.4. The topological polar surface area (TPSA) is 73.9 Å². The van der Waals surface area contributed by atoms with E-state index >= 15 is 0 Å². The van der Waals surface area contributed by atoms with Gasteiger partial charge in [0.2, 0.25) is 5.75 Å². The fourth-order valence-corrected chi connectivity index (χ4v) is 2.46. The molecule has 1 N–H and O–H groups in total. The van der Waals surface area contributed by atoms with Crippen LogP contribution in [0.1, 0.15) is 15.9 Å². The van der Waals surface area contributed by atoms with Gasteiger partial charge in [0, 0.05) is 5.56 Å². The molecule has 0 aliphatic heterocycles. The van der Waals surface area contributed by atoms with Gasteiger partial charge >= 0.3 is 12.1 Å². The van der Waals surface area contributed by atoms with Gasteiger partial charge in [0.1, 0.15) is 0 Å². The molecule has 2 aromatic carbocycles. The lowest BCUT2D eigenvalue weighted by Crippen LogP contribution is -2.30. The second-order valence-electron chi connectivity index (χ2n) is 5.65. The Bertz CT molecular complexity index is 913. The molecule has 0 unspecified atom stereocenters. The van der Waals surface area contributed by atoms with Crippen LogP contribution in [0.15, 0.2) is 42.5 Å². The Hall–Kier alpha value is -3.49. The van der Waals surface area contributed by atoms with Gasteiger partial charge in [-0.1, -0.05) is 18.2 Å². The largest absolute Gasteiger partial charge is 0.493 e. The Kier molecular flexibility index (Phi) is 6.87. The molecule has 0 saturated carbocycles. The second-order valence-corrected chi connectivity index (χ2v) is 5.65. The van der Waals surface area contributed by atoms with Gasteiger partial charge in [-0.3, -0.25) is 9.59 Å². The van der Waals surface area contributed by atoms with Gasteiger partial charge in [-0.25, -0.2) is 0 Å². The highest BCUT2D eigenvalue weighted by Gasteiger charge is 2.39. The molecule has 0 heterocycles. The number of ketones is 1. The molecule has 0 aromatic heterocycles. The number of allylic oxidation sites excluding steroid dienone is 1. The number of hydrogen-bond donors (Lipinski definition) is 1. The van der Waals surface area contributed by atoms with Crippen LogP contribution >= 0.6 is 0 Å². The van der Waals surface area contributed by atoms with Crippen LogP contribution in [0.25, 0.3) is 6.08 Å². The molecular weight excluding hydrogens is 391 g/mol. The first-order chi connectivity index (χ1) is 13.7. The smallest absolute Gasteiger partial charge is 0.471 e. The zero-order valence-electron chi connectivity index (χ0n) is 15.8.